The third kappa shape index (κ3) is 4.24. The Bertz CT molecular complexity index is 1300. The van der Waals surface area contributed by atoms with Crippen molar-refractivity contribution in [1.82, 2.24) is 19.2 Å². The highest BCUT2D eigenvalue weighted by Crippen LogP contribution is 2.28. The van der Waals surface area contributed by atoms with Crippen molar-refractivity contribution in [3.05, 3.63) is 81.5 Å². The van der Waals surface area contributed by atoms with Gasteiger partial charge in [-0.15, -0.1) is 5.10 Å². The van der Waals surface area contributed by atoms with Gasteiger partial charge in [0.05, 0.1) is 0 Å². The maximum atomic E-state index is 12.7. The third-order valence-electron chi connectivity index (χ3n) is 4.45. The molecule has 0 radical (unpaired) electrons. The lowest BCUT2D eigenvalue weighted by Crippen LogP contribution is -2.28. The highest BCUT2D eigenvalue weighted by atomic mass is 35.5. The number of anilines is 1. The quantitative estimate of drug-likeness (QED) is 0.509. The Labute approximate surface area is 181 Å². The average Bonchev–Trinajstić information content (AvgIpc) is 3.03. The molecule has 2 aromatic carbocycles. The van der Waals surface area contributed by atoms with Crippen LogP contribution in [-0.4, -0.2) is 25.1 Å². The lowest BCUT2D eigenvalue weighted by molar-refractivity contribution is -0.117. The summed E-state index contributed by atoms with van der Waals surface area (Å²) >= 11 is 7.51. The monoisotopic (exact) mass is 439 g/mol. The minimum atomic E-state index is -0.407. The number of fused-ring (bicyclic) bond motifs is 1. The summed E-state index contributed by atoms with van der Waals surface area (Å²) in [6.07, 6.45) is 3.09. The second-order valence-corrected chi connectivity index (χ2v) is 8.26. The number of nitrogens with zero attached hydrogens (tertiary/aromatic N) is 4. The Morgan fingerprint density at radius 1 is 1.17 bits per heavy atom. The Kier molecular flexibility index (Phi) is 5.61. The van der Waals surface area contributed by atoms with Crippen molar-refractivity contribution in [2.75, 3.05) is 5.32 Å². The minimum absolute atomic E-state index is 0.222. The normalized spacial score (nSPS) is 11.0. The number of benzene rings is 2. The van der Waals surface area contributed by atoms with Gasteiger partial charge in [-0.05, 0) is 43.7 Å². The van der Waals surface area contributed by atoms with Gasteiger partial charge in [0.2, 0.25) is 5.91 Å². The molecule has 0 saturated heterocycles. The molecule has 0 aliphatic heterocycles. The van der Waals surface area contributed by atoms with Crippen molar-refractivity contribution in [2.45, 2.75) is 30.3 Å². The molecular weight excluding hydrogens is 422 g/mol. The van der Waals surface area contributed by atoms with Gasteiger partial charge in [0.25, 0.3) is 0 Å². The number of carbonyl (C=O) groups is 1. The lowest BCUT2D eigenvalue weighted by Gasteiger charge is -2.06. The smallest absolute Gasteiger partial charge is 0.324 e. The fourth-order valence-electron chi connectivity index (χ4n) is 2.83. The third-order valence-corrected chi connectivity index (χ3v) is 5.85. The summed E-state index contributed by atoms with van der Waals surface area (Å²) in [7, 11) is 0. The summed E-state index contributed by atoms with van der Waals surface area (Å²) in [4.78, 5) is 30.5. The Hall–Kier alpha value is -3.10. The van der Waals surface area contributed by atoms with Crippen LogP contribution >= 0.6 is 23.4 Å². The fourth-order valence-corrected chi connectivity index (χ4v) is 3.85. The molecule has 1 amide bonds. The van der Waals surface area contributed by atoms with Crippen LogP contribution in [0.3, 0.4) is 0 Å². The van der Waals surface area contributed by atoms with Crippen molar-refractivity contribution in [2.24, 2.45) is 0 Å². The number of nitrogens with one attached hydrogen (secondary N) is 1. The van der Waals surface area contributed by atoms with Crippen LogP contribution < -0.4 is 11.0 Å². The van der Waals surface area contributed by atoms with Gasteiger partial charge in [0.15, 0.2) is 5.65 Å². The van der Waals surface area contributed by atoms with Crippen LogP contribution in [0.5, 0.6) is 0 Å². The first-order valence-corrected chi connectivity index (χ1v) is 10.3. The summed E-state index contributed by atoms with van der Waals surface area (Å²) in [6, 6.07) is 13.2. The first-order chi connectivity index (χ1) is 14.4. The van der Waals surface area contributed by atoms with Crippen molar-refractivity contribution < 1.29 is 4.79 Å². The molecule has 0 unspecified atom stereocenters. The molecule has 0 spiro atoms. The first kappa shape index (κ1) is 20.2. The van der Waals surface area contributed by atoms with E-state index in [4.69, 9.17) is 11.6 Å². The second kappa shape index (κ2) is 8.33. The highest BCUT2D eigenvalue weighted by Gasteiger charge is 2.15. The standard InChI is InChI=1S/C21H18ClN5O2S/c1-13-3-7-16(8-4-13)30-20-19-25-27(21(29)26(19)10-9-23-20)12-18(28)24-15-6-5-14(2)17(22)11-15/h3-11H,12H2,1-2H3,(H,24,28). The molecule has 0 atom stereocenters. The molecule has 9 heteroatoms. The molecule has 0 aliphatic rings. The second-order valence-electron chi connectivity index (χ2n) is 6.79. The molecule has 0 aliphatic carbocycles. The van der Waals surface area contributed by atoms with E-state index in [1.165, 1.54) is 22.4 Å². The van der Waals surface area contributed by atoms with E-state index in [1.807, 2.05) is 44.2 Å². The van der Waals surface area contributed by atoms with E-state index in [-0.39, 0.29) is 12.5 Å². The number of halogens is 1. The number of aryl methyl sites for hydroxylation is 2. The van der Waals surface area contributed by atoms with Gasteiger partial charge in [-0.2, -0.15) is 0 Å². The van der Waals surface area contributed by atoms with E-state index in [0.717, 1.165) is 20.7 Å². The van der Waals surface area contributed by atoms with Crippen molar-refractivity contribution in [1.29, 1.82) is 0 Å². The first-order valence-electron chi connectivity index (χ1n) is 9.15. The number of rotatable bonds is 5. The molecule has 30 heavy (non-hydrogen) atoms. The maximum Gasteiger partial charge on any atom is 0.350 e. The van der Waals surface area contributed by atoms with Gasteiger partial charge in [-0.3, -0.25) is 4.79 Å². The summed E-state index contributed by atoms with van der Waals surface area (Å²) in [6.45, 7) is 3.68. The van der Waals surface area contributed by atoms with Crippen molar-refractivity contribution in [3.8, 4) is 0 Å². The summed E-state index contributed by atoms with van der Waals surface area (Å²) in [5.41, 5.74) is 2.63. The Morgan fingerprint density at radius 2 is 1.93 bits per heavy atom. The summed E-state index contributed by atoms with van der Waals surface area (Å²) in [5, 5.41) is 8.22. The summed E-state index contributed by atoms with van der Waals surface area (Å²) < 4.78 is 2.51. The van der Waals surface area contributed by atoms with E-state index in [0.29, 0.717) is 21.4 Å². The van der Waals surface area contributed by atoms with E-state index in [2.05, 4.69) is 15.4 Å². The van der Waals surface area contributed by atoms with Crippen LogP contribution in [-0.2, 0) is 11.3 Å². The summed E-state index contributed by atoms with van der Waals surface area (Å²) in [5.74, 6) is -0.374. The molecule has 7 nitrogen and oxygen atoms in total. The van der Waals surface area contributed by atoms with Gasteiger partial charge >= 0.3 is 5.69 Å². The van der Waals surface area contributed by atoms with Gasteiger partial charge in [0.1, 0.15) is 11.6 Å². The molecule has 1 N–H and O–H groups in total. The predicted octanol–water partition coefficient (Wildman–Crippen LogP) is 3.95. The molecule has 4 aromatic rings. The van der Waals surface area contributed by atoms with E-state index >= 15 is 0 Å². The van der Waals surface area contributed by atoms with E-state index in [1.54, 1.807) is 18.3 Å². The van der Waals surface area contributed by atoms with E-state index in [9.17, 15) is 9.59 Å². The molecular formula is C21H18ClN5O2S. The van der Waals surface area contributed by atoms with Crippen LogP contribution in [0.2, 0.25) is 5.02 Å². The molecule has 0 fully saturated rings. The number of aromatic nitrogens is 4. The predicted molar refractivity (Wildman–Crippen MR) is 117 cm³/mol. The molecule has 152 valence electrons. The number of carbonyl (C=O) groups excluding carboxylic acids is 1. The zero-order valence-electron chi connectivity index (χ0n) is 16.3. The van der Waals surface area contributed by atoms with Gasteiger partial charge in [-0.1, -0.05) is 47.1 Å². The molecule has 2 aromatic heterocycles. The Morgan fingerprint density at radius 3 is 2.67 bits per heavy atom. The average molecular weight is 440 g/mol. The number of amides is 1. The van der Waals surface area contributed by atoms with Crippen molar-refractivity contribution >= 4 is 40.6 Å². The van der Waals surface area contributed by atoms with Gasteiger partial charge in [0, 0.05) is 28.0 Å². The van der Waals surface area contributed by atoms with Crippen LogP contribution in [0, 0.1) is 13.8 Å². The van der Waals surface area contributed by atoms with Crippen molar-refractivity contribution in [3.63, 3.8) is 0 Å². The van der Waals surface area contributed by atoms with Gasteiger partial charge < -0.3 is 5.32 Å². The SMILES string of the molecule is Cc1ccc(Sc2nccn3c(=O)n(CC(=O)Nc4ccc(C)c(Cl)c4)nc23)cc1. The topological polar surface area (TPSA) is 81.3 Å². The Balaban J connectivity index is 1.58. The van der Waals surface area contributed by atoms with Crippen LogP contribution in [0.15, 0.2) is 69.6 Å². The molecule has 4 rings (SSSR count). The number of hydrogen-bond donors (Lipinski definition) is 1. The number of hydrogen-bond acceptors (Lipinski definition) is 5. The largest absolute Gasteiger partial charge is 0.350 e. The van der Waals surface area contributed by atoms with E-state index < -0.39 is 5.69 Å². The zero-order valence-corrected chi connectivity index (χ0v) is 17.9. The maximum absolute atomic E-state index is 12.7. The minimum Gasteiger partial charge on any atom is -0.324 e. The molecule has 0 saturated carbocycles. The molecule has 2 heterocycles. The fraction of sp³-hybridized carbons (Fsp3) is 0.143. The lowest BCUT2D eigenvalue weighted by atomic mass is 10.2. The zero-order chi connectivity index (χ0) is 21.3. The van der Waals surface area contributed by atoms with Crippen LogP contribution in [0.1, 0.15) is 11.1 Å². The van der Waals surface area contributed by atoms with Crippen LogP contribution in [0.25, 0.3) is 5.65 Å². The highest BCUT2D eigenvalue weighted by molar-refractivity contribution is 7.99. The molecule has 0 bridgehead atoms. The van der Waals surface area contributed by atoms with Gasteiger partial charge in [-0.25, -0.2) is 18.9 Å². The van der Waals surface area contributed by atoms with Crippen LogP contribution in [0.4, 0.5) is 5.69 Å².